The number of para-hydroxylation sites is 1. The molecule has 0 aliphatic rings. The summed E-state index contributed by atoms with van der Waals surface area (Å²) >= 11 is 57.9. The third kappa shape index (κ3) is 4.12. The van der Waals surface area contributed by atoms with E-state index >= 15 is 0 Å². The molecule has 0 fully saturated rings. The van der Waals surface area contributed by atoms with Crippen LogP contribution in [0.1, 0.15) is 11.1 Å². The second kappa shape index (κ2) is 6.67. The lowest BCUT2D eigenvalue weighted by molar-refractivity contribution is 0.341. The Morgan fingerprint density at radius 2 is 0.905 bits per heavy atom. The first-order valence-electron chi connectivity index (χ1n) is 4.84. The molecule has 0 amide bonds. The molecule has 0 bridgehead atoms. The number of benzene rings is 1. The number of rotatable bonds is 2. The van der Waals surface area contributed by atoms with Crippen molar-refractivity contribution < 1.29 is 5.11 Å². The van der Waals surface area contributed by atoms with Crippen LogP contribution in [-0.4, -0.2) is 7.59 Å². The average molecular weight is 494 g/mol. The van der Waals surface area contributed by atoms with Gasteiger partial charge in [-0.05, 0) is 0 Å². The smallest absolute Gasteiger partial charge is 0.227 e. The summed E-state index contributed by atoms with van der Waals surface area (Å²) in [7, 11) is 0. The van der Waals surface area contributed by atoms with Crippen LogP contribution in [-0.2, 0) is 13.8 Å². The zero-order chi connectivity index (χ0) is 16.9. The molecule has 1 radical (unpaired) electrons. The van der Waals surface area contributed by atoms with Gasteiger partial charge in [-0.25, -0.2) is 0 Å². The van der Waals surface area contributed by atoms with Gasteiger partial charge in [-0.2, -0.15) is 0 Å². The lowest BCUT2D eigenvalue weighted by Crippen LogP contribution is -2.31. The summed E-state index contributed by atoms with van der Waals surface area (Å²) in [5, 5.41) is 12.5. The molecule has 0 aliphatic heterocycles. The van der Waals surface area contributed by atoms with Crippen molar-refractivity contribution in [1.82, 2.24) is 0 Å². The van der Waals surface area contributed by atoms with E-state index in [2.05, 4.69) is 0 Å². The van der Waals surface area contributed by atoms with E-state index in [0.717, 1.165) is 0 Å². The van der Waals surface area contributed by atoms with E-state index in [1.807, 2.05) is 0 Å². The first kappa shape index (κ1) is 21.0. The van der Waals surface area contributed by atoms with Crippen molar-refractivity contribution in [2.75, 3.05) is 0 Å². The zero-order valence-corrected chi connectivity index (χ0v) is 17.0. The predicted molar refractivity (Wildman–Crippen MR) is 93.9 cm³/mol. The number of hydrogen-bond donors (Lipinski definition) is 0. The number of halogens is 10. The van der Waals surface area contributed by atoms with Crippen molar-refractivity contribution in [2.24, 2.45) is 0 Å². The van der Waals surface area contributed by atoms with Crippen LogP contribution in [0.25, 0.3) is 0 Å². The Hall–Kier alpha value is 1.92. The summed E-state index contributed by atoms with van der Waals surface area (Å²) in [5.74, 6) is -0.815. The summed E-state index contributed by atoms with van der Waals surface area (Å²) < 4.78 is -8.73. The highest BCUT2D eigenvalue weighted by Gasteiger charge is 2.53. The standard InChI is InChI=1S/C10H3Cl10O/c11-7(12,9(15,16)17)4-2-1-3-5(6(4)21)8(13,14)10(18,19)20/h1-3H. The average Bonchev–Trinajstić information content (AvgIpc) is 2.25. The largest absolute Gasteiger partial charge is 0.289 e. The van der Waals surface area contributed by atoms with Crippen molar-refractivity contribution in [1.29, 1.82) is 0 Å². The van der Waals surface area contributed by atoms with Gasteiger partial charge in [0.15, 0.2) is 14.4 Å². The van der Waals surface area contributed by atoms with Gasteiger partial charge >= 0.3 is 0 Å². The minimum Gasteiger partial charge on any atom is -0.289 e. The SMILES string of the molecule is [O]c1c(C(Cl)(Cl)C(Cl)(Cl)Cl)cccc1C(Cl)(Cl)C(Cl)(Cl)Cl. The minimum absolute atomic E-state index is 0.275. The first-order valence-corrected chi connectivity index (χ1v) is 8.62. The van der Waals surface area contributed by atoms with Gasteiger partial charge in [-0.15, -0.1) is 0 Å². The molecule has 0 N–H and O–H groups in total. The predicted octanol–water partition coefficient (Wildman–Crippen LogP) is 7.83. The summed E-state index contributed by atoms with van der Waals surface area (Å²) in [6.45, 7) is 0. The van der Waals surface area contributed by atoms with Crippen molar-refractivity contribution in [2.45, 2.75) is 16.3 Å². The maximum Gasteiger partial charge on any atom is 0.227 e. The summed E-state index contributed by atoms with van der Waals surface area (Å²) in [6, 6.07) is 3.85. The van der Waals surface area contributed by atoms with Crippen LogP contribution < -0.4 is 0 Å². The summed E-state index contributed by atoms with van der Waals surface area (Å²) in [5.41, 5.74) is -0.550. The van der Waals surface area contributed by atoms with Crippen LogP contribution in [0, 0.1) is 0 Å². The lowest BCUT2D eigenvalue weighted by Gasteiger charge is -2.31. The van der Waals surface area contributed by atoms with Crippen molar-refractivity contribution >= 4 is 116 Å². The third-order valence-corrected chi connectivity index (χ3v) is 7.21. The van der Waals surface area contributed by atoms with Crippen LogP contribution in [0.15, 0.2) is 18.2 Å². The Bertz CT molecular complexity index is 483. The number of alkyl halides is 10. The highest BCUT2D eigenvalue weighted by Crippen LogP contribution is 2.59. The van der Waals surface area contributed by atoms with E-state index in [9.17, 15) is 5.11 Å². The quantitative estimate of drug-likeness (QED) is 0.374. The molecule has 0 aliphatic carbocycles. The fourth-order valence-corrected chi connectivity index (χ4v) is 2.54. The topological polar surface area (TPSA) is 19.9 Å². The molecule has 0 heterocycles. The van der Waals surface area contributed by atoms with Gasteiger partial charge in [-0.1, -0.05) is 134 Å². The van der Waals surface area contributed by atoms with Crippen LogP contribution in [0.5, 0.6) is 5.75 Å². The minimum atomic E-state index is -2.20. The van der Waals surface area contributed by atoms with E-state index < -0.39 is 22.0 Å². The monoisotopic (exact) mass is 489 g/mol. The highest BCUT2D eigenvalue weighted by molar-refractivity contribution is 6.76. The molecule has 0 saturated carbocycles. The number of hydrogen-bond acceptors (Lipinski definition) is 0. The summed E-state index contributed by atoms with van der Waals surface area (Å²) in [6.07, 6.45) is 0. The molecule has 1 rings (SSSR count). The van der Waals surface area contributed by atoms with Crippen molar-refractivity contribution in [3.05, 3.63) is 29.3 Å². The molecular formula is C10H3Cl10O. The molecule has 0 spiro atoms. The Balaban J connectivity index is 3.56. The maximum absolute atomic E-state index is 12.5. The Labute approximate surface area is 171 Å². The van der Waals surface area contributed by atoms with Crippen LogP contribution >= 0.6 is 116 Å². The Morgan fingerprint density at radius 3 is 1.14 bits per heavy atom. The maximum atomic E-state index is 12.5. The molecule has 0 unspecified atom stereocenters. The third-order valence-electron chi connectivity index (χ3n) is 2.40. The zero-order valence-electron chi connectivity index (χ0n) is 9.42. The van der Waals surface area contributed by atoms with Gasteiger partial charge < -0.3 is 0 Å². The van der Waals surface area contributed by atoms with E-state index in [0.29, 0.717) is 0 Å². The molecule has 1 aromatic carbocycles. The van der Waals surface area contributed by atoms with Crippen molar-refractivity contribution in [3.8, 4) is 5.75 Å². The molecule has 11 heteroatoms. The normalized spacial score (nSPS) is 14.4. The fraction of sp³-hybridized carbons (Fsp3) is 0.400. The van der Waals surface area contributed by atoms with Gasteiger partial charge in [0.2, 0.25) is 7.59 Å². The van der Waals surface area contributed by atoms with Crippen LogP contribution in [0.4, 0.5) is 0 Å². The van der Waals surface area contributed by atoms with Crippen LogP contribution in [0.3, 0.4) is 0 Å². The van der Waals surface area contributed by atoms with E-state index in [-0.39, 0.29) is 11.1 Å². The van der Waals surface area contributed by atoms with Gasteiger partial charge in [0, 0.05) is 11.1 Å². The molecule has 0 aromatic heterocycles. The highest BCUT2D eigenvalue weighted by atomic mass is 35.6. The second-order valence-electron chi connectivity index (χ2n) is 3.83. The molecule has 1 aromatic rings. The molecular weight excluding hydrogens is 491 g/mol. The van der Waals surface area contributed by atoms with E-state index in [4.69, 9.17) is 116 Å². The Kier molecular flexibility index (Phi) is 6.66. The molecule has 119 valence electrons. The van der Waals surface area contributed by atoms with Gasteiger partial charge in [0.1, 0.15) is 0 Å². The second-order valence-corrected chi connectivity index (χ2v) is 11.0. The first-order chi connectivity index (χ1) is 9.14. The van der Waals surface area contributed by atoms with Crippen molar-refractivity contribution in [3.63, 3.8) is 0 Å². The van der Waals surface area contributed by atoms with Gasteiger partial charge in [-0.3, -0.25) is 5.11 Å². The van der Waals surface area contributed by atoms with Gasteiger partial charge in [0.05, 0.1) is 0 Å². The van der Waals surface area contributed by atoms with Gasteiger partial charge in [0.25, 0.3) is 0 Å². The molecule has 21 heavy (non-hydrogen) atoms. The molecule has 0 atom stereocenters. The molecule has 0 saturated heterocycles. The molecule has 1 nitrogen and oxygen atoms in total. The van der Waals surface area contributed by atoms with Crippen LogP contribution in [0.2, 0.25) is 0 Å². The van der Waals surface area contributed by atoms with E-state index in [1.54, 1.807) is 0 Å². The lowest BCUT2D eigenvalue weighted by atomic mass is 10.0. The summed E-state index contributed by atoms with van der Waals surface area (Å²) in [4.78, 5) is 0. The van der Waals surface area contributed by atoms with E-state index in [1.165, 1.54) is 18.2 Å². The Morgan fingerprint density at radius 1 is 0.619 bits per heavy atom. The fourth-order valence-electron chi connectivity index (χ4n) is 1.34.